The van der Waals surface area contributed by atoms with E-state index < -0.39 is 6.09 Å². The van der Waals surface area contributed by atoms with Crippen LogP contribution in [0.1, 0.15) is 39.5 Å². The van der Waals surface area contributed by atoms with Gasteiger partial charge in [-0.25, -0.2) is 4.79 Å². The average molecular weight is 383 g/mol. The maximum atomic E-state index is 11.9. The fourth-order valence-electron chi connectivity index (χ4n) is 2.56. The Balaban J connectivity index is 2.33. The van der Waals surface area contributed by atoms with E-state index in [0.717, 1.165) is 19.3 Å². The summed E-state index contributed by atoms with van der Waals surface area (Å²) in [5.74, 6) is 0.144. The first-order valence-electron chi connectivity index (χ1n) is 6.55. The van der Waals surface area contributed by atoms with E-state index in [-0.39, 0.29) is 23.1 Å². The van der Waals surface area contributed by atoms with Crippen LogP contribution >= 0.6 is 22.6 Å². The zero-order valence-electron chi connectivity index (χ0n) is 11.5. The molecule has 0 bridgehead atoms. The van der Waals surface area contributed by atoms with Crippen LogP contribution in [0.3, 0.4) is 0 Å². The summed E-state index contributed by atoms with van der Waals surface area (Å²) < 4.78 is 9.47. The number of carbonyl (C=O) groups is 2. The number of hydrogen-bond donors (Lipinski definition) is 1. The topological polar surface area (TPSA) is 78.6 Å². The highest BCUT2D eigenvalue weighted by molar-refractivity contribution is 14.1. The van der Waals surface area contributed by atoms with Gasteiger partial charge in [-0.15, -0.1) is 0 Å². The van der Waals surface area contributed by atoms with E-state index in [4.69, 9.17) is 10.5 Å². The molecule has 1 rings (SSSR count). The van der Waals surface area contributed by atoms with Gasteiger partial charge in [-0.05, 0) is 30.6 Å². The molecule has 2 atom stereocenters. The SMILES string of the molecule is CC1(C)CCCC(C(I)C(=O)OCCOC(N)=O)C1. The van der Waals surface area contributed by atoms with Crippen molar-refractivity contribution in [3.05, 3.63) is 0 Å². The van der Waals surface area contributed by atoms with Gasteiger partial charge >= 0.3 is 12.1 Å². The van der Waals surface area contributed by atoms with Crippen LogP contribution in [-0.2, 0) is 14.3 Å². The third-order valence-electron chi connectivity index (χ3n) is 3.45. The molecule has 0 aromatic carbocycles. The molecule has 0 aliphatic heterocycles. The van der Waals surface area contributed by atoms with Crippen LogP contribution < -0.4 is 5.73 Å². The fraction of sp³-hybridized carbons (Fsp3) is 0.846. The van der Waals surface area contributed by atoms with Crippen LogP contribution in [0, 0.1) is 11.3 Å². The Morgan fingerprint density at radius 1 is 1.37 bits per heavy atom. The number of primary amides is 1. The number of ether oxygens (including phenoxy) is 2. The van der Waals surface area contributed by atoms with Gasteiger partial charge in [0.2, 0.25) is 0 Å². The Kier molecular flexibility index (Phi) is 6.35. The first-order valence-corrected chi connectivity index (χ1v) is 7.79. The average Bonchev–Trinajstić information content (AvgIpc) is 2.32. The normalized spacial score (nSPS) is 23.4. The fourth-order valence-corrected chi connectivity index (χ4v) is 3.36. The molecular formula is C13H22INO4. The van der Waals surface area contributed by atoms with Gasteiger partial charge in [-0.3, -0.25) is 4.79 Å². The van der Waals surface area contributed by atoms with Crippen molar-refractivity contribution in [2.24, 2.45) is 17.1 Å². The van der Waals surface area contributed by atoms with Crippen LogP contribution in [0.25, 0.3) is 0 Å². The summed E-state index contributed by atoms with van der Waals surface area (Å²) in [4.78, 5) is 22.3. The molecule has 110 valence electrons. The lowest BCUT2D eigenvalue weighted by Crippen LogP contribution is -2.33. The van der Waals surface area contributed by atoms with Gasteiger partial charge in [0, 0.05) is 0 Å². The monoisotopic (exact) mass is 383 g/mol. The van der Waals surface area contributed by atoms with Crippen LogP contribution in [0.4, 0.5) is 4.79 Å². The Bertz CT molecular complexity index is 333. The highest BCUT2D eigenvalue weighted by Gasteiger charge is 2.35. The maximum Gasteiger partial charge on any atom is 0.404 e. The summed E-state index contributed by atoms with van der Waals surface area (Å²) in [6.07, 6.45) is 3.65. The van der Waals surface area contributed by atoms with Crippen LogP contribution in [0.2, 0.25) is 0 Å². The molecule has 0 saturated heterocycles. The lowest BCUT2D eigenvalue weighted by Gasteiger charge is -2.36. The van der Waals surface area contributed by atoms with E-state index in [1.807, 2.05) is 0 Å². The van der Waals surface area contributed by atoms with E-state index in [1.165, 1.54) is 6.42 Å². The third-order valence-corrected chi connectivity index (χ3v) is 4.98. The number of rotatable bonds is 5. The van der Waals surface area contributed by atoms with Crippen molar-refractivity contribution in [2.75, 3.05) is 13.2 Å². The smallest absolute Gasteiger partial charge is 0.404 e. The van der Waals surface area contributed by atoms with Crippen LogP contribution in [0.5, 0.6) is 0 Å². The second-order valence-electron chi connectivity index (χ2n) is 5.76. The summed E-state index contributed by atoms with van der Waals surface area (Å²) in [7, 11) is 0. The quantitative estimate of drug-likeness (QED) is 0.343. The maximum absolute atomic E-state index is 11.9. The molecule has 1 amide bonds. The molecule has 0 radical (unpaired) electrons. The van der Waals surface area contributed by atoms with E-state index >= 15 is 0 Å². The molecule has 1 saturated carbocycles. The number of alkyl halides is 1. The molecule has 5 nitrogen and oxygen atoms in total. The standard InChI is InChI=1S/C13H22INO4/c1-13(2)5-3-4-9(8-13)10(14)11(16)18-6-7-19-12(15)17/h9-10H,3-8H2,1-2H3,(H2,15,17). The van der Waals surface area contributed by atoms with Gasteiger partial charge in [0.15, 0.2) is 0 Å². The van der Waals surface area contributed by atoms with Gasteiger partial charge < -0.3 is 15.2 Å². The molecule has 0 heterocycles. The largest absolute Gasteiger partial charge is 0.461 e. The minimum atomic E-state index is -0.851. The first-order chi connectivity index (χ1) is 8.82. The van der Waals surface area contributed by atoms with E-state index in [0.29, 0.717) is 11.3 Å². The summed E-state index contributed by atoms with van der Waals surface area (Å²) in [5.41, 5.74) is 5.12. The highest BCUT2D eigenvalue weighted by Crippen LogP contribution is 2.41. The Labute approximate surface area is 127 Å². The second kappa shape index (κ2) is 7.31. The minimum Gasteiger partial charge on any atom is -0.461 e. The predicted octanol–water partition coefficient (Wildman–Crippen LogP) is 2.64. The van der Waals surface area contributed by atoms with Crippen molar-refractivity contribution >= 4 is 34.7 Å². The molecule has 0 aromatic rings. The molecule has 1 fully saturated rings. The molecule has 1 aliphatic carbocycles. The highest BCUT2D eigenvalue weighted by atomic mass is 127. The van der Waals surface area contributed by atoms with E-state index in [2.05, 4.69) is 41.2 Å². The number of nitrogens with two attached hydrogens (primary N) is 1. The van der Waals surface area contributed by atoms with E-state index in [1.54, 1.807) is 0 Å². The number of amides is 1. The number of esters is 1. The molecule has 0 spiro atoms. The van der Waals surface area contributed by atoms with Gasteiger partial charge in [0.1, 0.15) is 17.1 Å². The second-order valence-corrected chi connectivity index (χ2v) is 7.10. The Hall–Kier alpha value is -0.530. The summed E-state index contributed by atoms with van der Waals surface area (Å²) in [5, 5.41) is 0. The summed E-state index contributed by atoms with van der Waals surface area (Å²) in [6, 6.07) is 0. The predicted molar refractivity (Wildman–Crippen MR) is 80.0 cm³/mol. The molecule has 6 heteroatoms. The zero-order valence-corrected chi connectivity index (χ0v) is 13.6. The minimum absolute atomic E-state index is 0.0145. The molecule has 1 aliphatic rings. The lowest BCUT2D eigenvalue weighted by molar-refractivity contribution is -0.145. The van der Waals surface area contributed by atoms with Gasteiger partial charge in [0.25, 0.3) is 0 Å². The van der Waals surface area contributed by atoms with E-state index in [9.17, 15) is 9.59 Å². The summed E-state index contributed by atoms with van der Waals surface area (Å²) in [6.45, 7) is 4.57. The van der Waals surface area contributed by atoms with Gasteiger partial charge in [0.05, 0.1) is 0 Å². The molecule has 0 aromatic heterocycles. The molecular weight excluding hydrogens is 361 g/mol. The van der Waals surface area contributed by atoms with Crippen LogP contribution in [0.15, 0.2) is 0 Å². The molecule has 2 N–H and O–H groups in total. The van der Waals surface area contributed by atoms with Crippen molar-refractivity contribution in [1.29, 1.82) is 0 Å². The zero-order chi connectivity index (χ0) is 14.5. The number of carbonyl (C=O) groups excluding carboxylic acids is 2. The van der Waals surface area contributed by atoms with Crippen LogP contribution in [-0.4, -0.2) is 29.2 Å². The molecule has 19 heavy (non-hydrogen) atoms. The first kappa shape index (κ1) is 16.5. The Morgan fingerprint density at radius 3 is 2.58 bits per heavy atom. The van der Waals surface area contributed by atoms with Crippen molar-refractivity contribution in [1.82, 2.24) is 0 Å². The lowest BCUT2D eigenvalue weighted by atomic mass is 9.71. The number of halogens is 1. The van der Waals surface area contributed by atoms with Crippen molar-refractivity contribution in [3.63, 3.8) is 0 Å². The van der Waals surface area contributed by atoms with Gasteiger partial charge in [-0.2, -0.15) is 0 Å². The molecule has 2 unspecified atom stereocenters. The van der Waals surface area contributed by atoms with Crippen molar-refractivity contribution < 1.29 is 19.1 Å². The summed E-state index contributed by atoms with van der Waals surface area (Å²) >= 11 is 2.16. The van der Waals surface area contributed by atoms with Crippen molar-refractivity contribution in [2.45, 2.75) is 43.5 Å². The third kappa shape index (κ3) is 5.97. The number of hydrogen-bond acceptors (Lipinski definition) is 4. The Morgan fingerprint density at radius 2 is 2.00 bits per heavy atom. The van der Waals surface area contributed by atoms with Crippen molar-refractivity contribution in [3.8, 4) is 0 Å². The van der Waals surface area contributed by atoms with Gasteiger partial charge in [-0.1, -0.05) is 42.9 Å².